The van der Waals surface area contributed by atoms with E-state index in [4.69, 9.17) is 4.99 Å². The summed E-state index contributed by atoms with van der Waals surface area (Å²) in [6.07, 6.45) is 8.57. The zero-order valence-corrected chi connectivity index (χ0v) is 14.6. The molecule has 0 radical (unpaired) electrons. The summed E-state index contributed by atoms with van der Waals surface area (Å²) in [6.45, 7) is 0. The highest BCUT2D eigenvalue weighted by molar-refractivity contribution is 7.07. The van der Waals surface area contributed by atoms with E-state index in [1.807, 2.05) is 4.68 Å². The SMILES string of the molecule is Oc1ccc(/C=N/n2c(C3CC3)csc2=NC2CCCC2)c(O)c1O. The van der Waals surface area contributed by atoms with Crippen LogP contribution in [0.15, 0.2) is 27.6 Å². The summed E-state index contributed by atoms with van der Waals surface area (Å²) in [6, 6.07) is 3.23. The standard InChI is InChI=1S/C18H21N3O3S/c22-15-8-7-12(16(23)17(15)24)9-19-21-14(11-5-6-11)10-25-18(21)20-13-3-1-2-4-13/h7-11,13,22-24H,1-6H2/b19-9+,20-18?. The number of hydrogen-bond acceptors (Lipinski definition) is 6. The van der Waals surface area contributed by atoms with Crippen molar-refractivity contribution in [1.82, 2.24) is 4.68 Å². The van der Waals surface area contributed by atoms with Gasteiger partial charge in [-0.2, -0.15) is 5.10 Å². The largest absolute Gasteiger partial charge is 0.504 e. The van der Waals surface area contributed by atoms with Crippen LogP contribution in [0.5, 0.6) is 17.2 Å². The highest BCUT2D eigenvalue weighted by atomic mass is 32.1. The third-order valence-electron chi connectivity index (χ3n) is 4.80. The van der Waals surface area contributed by atoms with Crippen LogP contribution in [0.25, 0.3) is 0 Å². The van der Waals surface area contributed by atoms with Crippen molar-refractivity contribution >= 4 is 17.6 Å². The van der Waals surface area contributed by atoms with E-state index < -0.39 is 5.75 Å². The fraction of sp³-hybridized carbons (Fsp3) is 0.444. The van der Waals surface area contributed by atoms with Crippen molar-refractivity contribution < 1.29 is 15.3 Å². The molecular weight excluding hydrogens is 338 g/mol. The van der Waals surface area contributed by atoms with E-state index in [1.165, 1.54) is 44.0 Å². The smallest absolute Gasteiger partial charge is 0.206 e. The molecule has 2 aliphatic carbocycles. The molecule has 0 spiro atoms. The summed E-state index contributed by atoms with van der Waals surface area (Å²) in [4.78, 5) is 5.75. The van der Waals surface area contributed by atoms with E-state index in [2.05, 4.69) is 10.5 Å². The monoisotopic (exact) mass is 359 g/mol. The van der Waals surface area contributed by atoms with E-state index in [0.717, 1.165) is 23.3 Å². The third kappa shape index (κ3) is 3.28. The molecule has 6 nitrogen and oxygen atoms in total. The highest BCUT2D eigenvalue weighted by Gasteiger charge is 2.28. The molecule has 132 valence electrons. The molecule has 0 atom stereocenters. The van der Waals surface area contributed by atoms with Gasteiger partial charge >= 0.3 is 0 Å². The molecule has 0 bridgehead atoms. The molecule has 4 rings (SSSR count). The second-order valence-electron chi connectivity index (χ2n) is 6.71. The Morgan fingerprint density at radius 1 is 1.04 bits per heavy atom. The first-order valence-electron chi connectivity index (χ1n) is 8.66. The normalized spacial score (nSPS) is 19.3. The van der Waals surface area contributed by atoms with Crippen LogP contribution >= 0.6 is 11.3 Å². The minimum absolute atomic E-state index is 0.350. The molecule has 7 heteroatoms. The number of thiazole rings is 1. The molecule has 2 fully saturated rings. The molecular formula is C18H21N3O3S. The van der Waals surface area contributed by atoms with Gasteiger partial charge in [0.25, 0.3) is 0 Å². The van der Waals surface area contributed by atoms with Crippen molar-refractivity contribution in [3.63, 3.8) is 0 Å². The molecule has 25 heavy (non-hydrogen) atoms. The lowest BCUT2D eigenvalue weighted by Crippen LogP contribution is -2.16. The lowest BCUT2D eigenvalue weighted by atomic mass is 10.2. The van der Waals surface area contributed by atoms with Crippen molar-refractivity contribution in [2.75, 3.05) is 0 Å². The zero-order chi connectivity index (χ0) is 17.4. The molecule has 2 aliphatic rings. The Morgan fingerprint density at radius 3 is 2.52 bits per heavy atom. The first-order chi connectivity index (χ1) is 12.1. The van der Waals surface area contributed by atoms with Crippen molar-refractivity contribution in [2.45, 2.75) is 50.5 Å². The second-order valence-corrected chi connectivity index (χ2v) is 7.55. The maximum absolute atomic E-state index is 9.97. The fourth-order valence-corrected chi connectivity index (χ4v) is 4.15. The molecule has 0 saturated heterocycles. The van der Waals surface area contributed by atoms with Crippen LogP contribution in [-0.4, -0.2) is 32.3 Å². The van der Waals surface area contributed by atoms with Gasteiger partial charge in [-0.1, -0.05) is 12.8 Å². The van der Waals surface area contributed by atoms with Gasteiger partial charge in [0.15, 0.2) is 11.5 Å². The van der Waals surface area contributed by atoms with Crippen LogP contribution in [-0.2, 0) is 0 Å². The zero-order valence-electron chi connectivity index (χ0n) is 13.8. The van der Waals surface area contributed by atoms with Crippen molar-refractivity contribution in [3.05, 3.63) is 33.6 Å². The lowest BCUT2D eigenvalue weighted by Gasteiger charge is -2.05. The van der Waals surface area contributed by atoms with Crippen molar-refractivity contribution in [3.8, 4) is 17.2 Å². The lowest BCUT2D eigenvalue weighted by molar-refractivity contribution is 0.367. The molecule has 2 saturated carbocycles. The number of hydrogen-bond donors (Lipinski definition) is 3. The summed E-state index contributed by atoms with van der Waals surface area (Å²) in [5.74, 6) is -0.726. The van der Waals surface area contributed by atoms with Gasteiger partial charge in [0.1, 0.15) is 0 Å². The summed E-state index contributed by atoms with van der Waals surface area (Å²) < 4.78 is 1.87. The molecule has 1 heterocycles. The summed E-state index contributed by atoms with van der Waals surface area (Å²) in [7, 11) is 0. The Balaban J connectivity index is 1.71. The van der Waals surface area contributed by atoms with Gasteiger partial charge in [-0.25, -0.2) is 4.68 Å². The topological polar surface area (TPSA) is 90.3 Å². The average molecular weight is 359 g/mol. The Morgan fingerprint density at radius 2 is 1.80 bits per heavy atom. The molecule has 2 aromatic rings. The number of aromatic nitrogens is 1. The summed E-state index contributed by atoms with van der Waals surface area (Å²) >= 11 is 1.61. The van der Waals surface area contributed by atoms with E-state index in [-0.39, 0.29) is 11.5 Å². The van der Waals surface area contributed by atoms with Gasteiger partial charge in [0.05, 0.1) is 18.0 Å². The first kappa shape index (κ1) is 16.2. The van der Waals surface area contributed by atoms with Crippen LogP contribution in [0.3, 0.4) is 0 Å². The van der Waals surface area contributed by atoms with Crippen LogP contribution in [0, 0.1) is 0 Å². The van der Waals surface area contributed by atoms with Crippen LogP contribution in [0.2, 0.25) is 0 Å². The number of phenols is 3. The number of nitrogens with zero attached hydrogens (tertiary/aromatic N) is 3. The Bertz CT molecular complexity index is 874. The Hall–Kier alpha value is -2.28. The van der Waals surface area contributed by atoms with Crippen molar-refractivity contribution in [1.29, 1.82) is 0 Å². The average Bonchev–Trinajstić information content (AvgIpc) is 3.18. The van der Waals surface area contributed by atoms with Gasteiger partial charge in [-0.15, -0.1) is 11.3 Å². The molecule has 1 aromatic heterocycles. The van der Waals surface area contributed by atoms with E-state index >= 15 is 0 Å². The number of benzene rings is 1. The maximum atomic E-state index is 9.97. The van der Waals surface area contributed by atoms with Gasteiger partial charge in [-0.05, 0) is 37.8 Å². The van der Waals surface area contributed by atoms with E-state index in [0.29, 0.717) is 17.5 Å². The van der Waals surface area contributed by atoms with Gasteiger partial charge in [0, 0.05) is 16.9 Å². The highest BCUT2D eigenvalue weighted by Crippen LogP contribution is 2.40. The third-order valence-corrected chi connectivity index (χ3v) is 5.65. The quantitative estimate of drug-likeness (QED) is 0.578. The van der Waals surface area contributed by atoms with Crippen LogP contribution in [0.4, 0.5) is 0 Å². The molecule has 3 N–H and O–H groups in total. The fourth-order valence-electron chi connectivity index (χ4n) is 3.17. The van der Waals surface area contributed by atoms with Gasteiger partial charge in [-0.3, -0.25) is 4.99 Å². The van der Waals surface area contributed by atoms with E-state index in [1.54, 1.807) is 11.3 Å². The minimum Gasteiger partial charge on any atom is -0.504 e. The van der Waals surface area contributed by atoms with Gasteiger partial charge < -0.3 is 15.3 Å². The Labute approximate surface area is 149 Å². The summed E-state index contributed by atoms with van der Waals surface area (Å²) in [5.41, 5.74) is 1.50. The van der Waals surface area contributed by atoms with Crippen LogP contribution in [0.1, 0.15) is 55.7 Å². The molecule has 0 unspecified atom stereocenters. The minimum atomic E-state index is -0.530. The Kier molecular flexibility index (Phi) is 4.25. The number of rotatable bonds is 4. The predicted molar refractivity (Wildman–Crippen MR) is 96.5 cm³/mol. The van der Waals surface area contributed by atoms with Gasteiger partial charge in [0.2, 0.25) is 10.6 Å². The van der Waals surface area contributed by atoms with Crippen molar-refractivity contribution in [2.24, 2.45) is 10.1 Å². The maximum Gasteiger partial charge on any atom is 0.206 e. The first-order valence-corrected chi connectivity index (χ1v) is 9.54. The van der Waals surface area contributed by atoms with Crippen LogP contribution < -0.4 is 4.80 Å². The number of phenolic OH excluding ortho intramolecular Hbond substituents is 3. The second kappa shape index (κ2) is 6.55. The summed E-state index contributed by atoms with van der Waals surface area (Å²) in [5, 5.41) is 35.7. The molecule has 0 amide bonds. The molecule has 1 aromatic carbocycles. The number of aromatic hydroxyl groups is 3. The van der Waals surface area contributed by atoms with E-state index in [9.17, 15) is 15.3 Å². The molecule has 0 aliphatic heterocycles. The predicted octanol–water partition coefficient (Wildman–Crippen LogP) is 3.27.